The zero-order valence-corrected chi connectivity index (χ0v) is 18.1. The van der Waals surface area contributed by atoms with Crippen molar-refractivity contribution in [2.75, 3.05) is 13.1 Å². The van der Waals surface area contributed by atoms with Crippen LogP contribution in [0.2, 0.25) is 0 Å². The summed E-state index contributed by atoms with van der Waals surface area (Å²) in [4.78, 5) is 32.5. The molecule has 33 heavy (non-hydrogen) atoms. The highest BCUT2D eigenvalue weighted by atomic mass is 16.3. The molecule has 2 aromatic heterocycles. The third kappa shape index (κ3) is 4.67. The van der Waals surface area contributed by atoms with Crippen LogP contribution in [-0.2, 0) is 11.2 Å². The number of hydrogen-bond donors (Lipinski definition) is 1. The van der Waals surface area contributed by atoms with E-state index in [1.165, 1.54) is 6.26 Å². The number of fused-ring (bicyclic) bond motifs is 1. The van der Waals surface area contributed by atoms with E-state index in [4.69, 9.17) is 8.83 Å². The predicted octanol–water partition coefficient (Wildman–Crippen LogP) is 4.17. The van der Waals surface area contributed by atoms with Crippen LogP contribution in [0.3, 0.4) is 0 Å². The van der Waals surface area contributed by atoms with Crippen LogP contribution in [0.1, 0.15) is 40.8 Å². The second-order valence-electron chi connectivity index (χ2n) is 8.31. The van der Waals surface area contributed by atoms with Crippen LogP contribution < -0.4 is 5.32 Å². The summed E-state index contributed by atoms with van der Waals surface area (Å²) in [6.45, 7) is 1.17. The summed E-state index contributed by atoms with van der Waals surface area (Å²) >= 11 is 0. The Morgan fingerprint density at radius 2 is 1.76 bits per heavy atom. The SMILES string of the molecule is O=C(N[C@@H](Cc1ccccc1)C(=O)N1CCC(c2nc3ccccc3o2)CC1)c1ccco1. The zero-order valence-electron chi connectivity index (χ0n) is 18.1. The molecule has 7 heteroatoms. The van der Waals surface area contributed by atoms with E-state index in [1.54, 1.807) is 12.1 Å². The Hall–Kier alpha value is -3.87. The molecule has 0 bridgehead atoms. The lowest BCUT2D eigenvalue weighted by Crippen LogP contribution is -2.51. The third-order valence-electron chi connectivity index (χ3n) is 6.10. The molecule has 0 unspecified atom stereocenters. The summed E-state index contributed by atoms with van der Waals surface area (Å²) in [6.07, 6.45) is 3.39. The van der Waals surface area contributed by atoms with E-state index < -0.39 is 11.9 Å². The number of benzene rings is 2. The Balaban J connectivity index is 1.27. The standard InChI is InChI=1S/C26H25N3O4/c30-24(23-11-6-16-32-23)27-21(17-18-7-2-1-3-8-18)26(31)29-14-12-19(13-15-29)25-28-20-9-4-5-10-22(20)33-25/h1-11,16,19,21H,12-15,17H2,(H,27,30)/t21-/m0/s1. The van der Waals surface area contributed by atoms with Crippen molar-refractivity contribution in [1.29, 1.82) is 0 Å². The van der Waals surface area contributed by atoms with Gasteiger partial charge in [-0.2, -0.15) is 0 Å². The number of rotatable bonds is 6. The fraction of sp³-hybridized carbons (Fsp3) is 0.269. The van der Waals surface area contributed by atoms with Crippen LogP contribution in [0.4, 0.5) is 0 Å². The molecule has 0 spiro atoms. The van der Waals surface area contributed by atoms with Gasteiger partial charge >= 0.3 is 0 Å². The summed E-state index contributed by atoms with van der Waals surface area (Å²) in [5, 5.41) is 2.87. The van der Waals surface area contributed by atoms with E-state index in [1.807, 2.05) is 59.5 Å². The van der Waals surface area contributed by atoms with Crippen LogP contribution in [0.25, 0.3) is 11.1 Å². The van der Waals surface area contributed by atoms with E-state index in [-0.39, 0.29) is 17.6 Å². The van der Waals surface area contributed by atoms with Gasteiger partial charge in [-0.1, -0.05) is 42.5 Å². The second kappa shape index (κ2) is 9.32. The fourth-order valence-corrected chi connectivity index (χ4v) is 4.32. The van der Waals surface area contributed by atoms with Crippen molar-refractivity contribution in [2.24, 2.45) is 0 Å². The maximum absolute atomic E-state index is 13.4. The minimum Gasteiger partial charge on any atom is -0.459 e. The highest BCUT2D eigenvalue weighted by molar-refractivity contribution is 5.95. The lowest BCUT2D eigenvalue weighted by Gasteiger charge is -2.33. The molecule has 1 atom stereocenters. The molecule has 2 amide bonds. The highest BCUT2D eigenvalue weighted by Gasteiger charge is 2.32. The molecule has 1 aliphatic heterocycles. The summed E-state index contributed by atoms with van der Waals surface area (Å²) < 4.78 is 11.1. The average molecular weight is 444 g/mol. The molecule has 7 nitrogen and oxygen atoms in total. The van der Waals surface area contributed by atoms with Gasteiger partial charge in [-0.25, -0.2) is 4.98 Å². The minimum absolute atomic E-state index is 0.0882. The van der Waals surface area contributed by atoms with Crippen molar-refractivity contribution < 1.29 is 18.4 Å². The van der Waals surface area contributed by atoms with Gasteiger partial charge in [0.2, 0.25) is 5.91 Å². The van der Waals surface area contributed by atoms with Gasteiger partial charge in [0.1, 0.15) is 11.6 Å². The fourth-order valence-electron chi connectivity index (χ4n) is 4.32. The second-order valence-corrected chi connectivity index (χ2v) is 8.31. The van der Waals surface area contributed by atoms with Crippen molar-refractivity contribution in [3.63, 3.8) is 0 Å². The van der Waals surface area contributed by atoms with Crippen molar-refractivity contribution >= 4 is 22.9 Å². The lowest BCUT2D eigenvalue weighted by molar-refractivity contribution is -0.134. The monoisotopic (exact) mass is 443 g/mol. The average Bonchev–Trinajstić information content (AvgIpc) is 3.54. The number of oxazole rings is 1. The number of amides is 2. The minimum atomic E-state index is -0.675. The normalized spacial score (nSPS) is 15.5. The first-order valence-corrected chi connectivity index (χ1v) is 11.2. The number of carbonyl (C=O) groups is 2. The number of nitrogens with one attached hydrogen (secondary N) is 1. The Morgan fingerprint density at radius 1 is 1.00 bits per heavy atom. The van der Waals surface area contributed by atoms with Crippen molar-refractivity contribution in [1.82, 2.24) is 15.2 Å². The molecule has 0 radical (unpaired) electrons. The molecular weight excluding hydrogens is 418 g/mol. The lowest BCUT2D eigenvalue weighted by atomic mass is 9.95. The molecule has 5 rings (SSSR count). The van der Waals surface area contributed by atoms with Gasteiger partial charge in [-0.15, -0.1) is 0 Å². The van der Waals surface area contributed by atoms with Gasteiger partial charge in [0, 0.05) is 25.4 Å². The van der Waals surface area contributed by atoms with Crippen LogP contribution in [0, 0.1) is 0 Å². The third-order valence-corrected chi connectivity index (χ3v) is 6.10. The largest absolute Gasteiger partial charge is 0.459 e. The molecule has 3 heterocycles. The van der Waals surface area contributed by atoms with Crippen molar-refractivity contribution in [3.05, 3.63) is 90.2 Å². The number of carbonyl (C=O) groups excluding carboxylic acids is 2. The van der Waals surface area contributed by atoms with Gasteiger partial charge < -0.3 is 19.1 Å². The van der Waals surface area contributed by atoms with Gasteiger partial charge in [-0.3, -0.25) is 9.59 Å². The van der Waals surface area contributed by atoms with Crippen LogP contribution in [0.15, 0.2) is 81.8 Å². The van der Waals surface area contributed by atoms with Crippen molar-refractivity contribution in [3.8, 4) is 0 Å². The number of likely N-dealkylation sites (tertiary alicyclic amines) is 1. The van der Waals surface area contributed by atoms with Crippen LogP contribution >= 0.6 is 0 Å². The number of nitrogens with zero attached hydrogens (tertiary/aromatic N) is 2. The number of hydrogen-bond acceptors (Lipinski definition) is 5. The summed E-state index contributed by atoms with van der Waals surface area (Å²) in [7, 11) is 0. The van der Waals surface area contributed by atoms with Gasteiger partial charge in [0.25, 0.3) is 5.91 Å². The maximum Gasteiger partial charge on any atom is 0.287 e. The van der Waals surface area contributed by atoms with Crippen LogP contribution in [-0.4, -0.2) is 40.8 Å². The molecule has 2 aromatic carbocycles. The zero-order chi connectivity index (χ0) is 22.6. The summed E-state index contributed by atoms with van der Waals surface area (Å²) in [6, 6.07) is 20.0. The number of piperidine rings is 1. The Kier molecular flexibility index (Phi) is 5.93. The highest BCUT2D eigenvalue weighted by Crippen LogP contribution is 2.30. The van der Waals surface area contributed by atoms with E-state index in [0.717, 1.165) is 35.4 Å². The van der Waals surface area contributed by atoms with E-state index >= 15 is 0 Å². The topological polar surface area (TPSA) is 88.6 Å². The van der Waals surface area contributed by atoms with E-state index in [0.29, 0.717) is 19.5 Å². The molecule has 168 valence electrons. The van der Waals surface area contributed by atoms with Gasteiger partial charge in [-0.05, 0) is 42.7 Å². The van der Waals surface area contributed by atoms with Gasteiger partial charge in [0.05, 0.1) is 6.26 Å². The van der Waals surface area contributed by atoms with Crippen LogP contribution in [0.5, 0.6) is 0 Å². The Bertz CT molecular complexity index is 1190. The molecule has 1 N–H and O–H groups in total. The summed E-state index contributed by atoms with van der Waals surface area (Å²) in [5.41, 5.74) is 2.63. The van der Waals surface area contributed by atoms with E-state index in [2.05, 4.69) is 10.3 Å². The number of para-hydroxylation sites is 2. The Labute approximate surface area is 191 Å². The molecule has 1 saturated heterocycles. The van der Waals surface area contributed by atoms with Crippen molar-refractivity contribution in [2.45, 2.75) is 31.2 Å². The quantitative estimate of drug-likeness (QED) is 0.483. The first kappa shape index (κ1) is 21.0. The smallest absolute Gasteiger partial charge is 0.287 e. The van der Waals surface area contributed by atoms with Gasteiger partial charge in [0.15, 0.2) is 17.2 Å². The Morgan fingerprint density at radius 3 is 2.48 bits per heavy atom. The molecule has 0 aliphatic carbocycles. The molecular formula is C26H25N3O4. The molecule has 0 saturated carbocycles. The number of aromatic nitrogens is 1. The molecule has 1 fully saturated rings. The summed E-state index contributed by atoms with van der Waals surface area (Å²) in [5.74, 6) is 0.614. The number of furan rings is 1. The molecule has 1 aliphatic rings. The molecule has 4 aromatic rings. The first-order valence-electron chi connectivity index (χ1n) is 11.2. The maximum atomic E-state index is 13.4. The van der Waals surface area contributed by atoms with E-state index in [9.17, 15) is 9.59 Å². The predicted molar refractivity (Wildman–Crippen MR) is 123 cm³/mol. The first-order chi connectivity index (χ1) is 16.2.